The number of nitrogens with zero attached hydrogens (tertiary/aromatic N) is 1. The second-order valence-electron chi connectivity index (χ2n) is 6.55. The van der Waals surface area contributed by atoms with E-state index in [-0.39, 0.29) is 0 Å². The van der Waals surface area contributed by atoms with Gasteiger partial charge in [-0.3, -0.25) is 4.90 Å². The molecule has 2 fully saturated rings. The van der Waals surface area contributed by atoms with Gasteiger partial charge in [-0.05, 0) is 56.5 Å². The minimum Gasteiger partial charge on any atom is -0.329 e. The van der Waals surface area contributed by atoms with E-state index in [4.69, 9.17) is 5.73 Å². The van der Waals surface area contributed by atoms with Crippen LogP contribution in [0.4, 0.5) is 0 Å². The molecule has 0 aromatic carbocycles. The highest BCUT2D eigenvalue weighted by molar-refractivity contribution is 4.88. The van der Waals surface area contributed by atoms with E-state index < -0.39 is 0 Å². The number of hydrogen-bond acceptors (Lipinski definition) is 2. The largest absolute Gasteiger partial charge is 0.329 e. The third kappa shape index (κ3) is 2.78. The average molecular weight is 224 g/mol. The summed E-state index contributed by atoms with van der Waals surface area (Å²) in [6, 6.07) is 0.683. The Morgan fingerprint density at radius 1 is 1.19 bits per heavy atom. The van der Waals surface area contributed by atoms with Gasteiger partial charge in [-0.2, -0.15) is 0 Å². The van der Waals surface area contributed by atoms with Gasteiger partial charge in [-0.1, -0.05) is 20.3 Å². The van der Waals surface area contributed by atoms with Crippen LogP contribution in [0.5, 0.6) is 0 Å². The predicted octanol–water partition coefficient (Wildman–Crippen LogP) is 2.63. The van der Waals surface area contributed by atoms with Crippen molar-refractivity contribution in [2.75, 3.05) is 19.6 Å². The van der Waals surface area contributed by atoms with Crippen molar-refractivity contribution in [3.05, 3.63) is 0 Å². The Bertz CT molecular complexity index is 221. The molecule has 2 aliphatic rings. The average Bonchev–Trinajstić information content (AvgIpc) is 2.33. The molecule has 0 spiro atoms. The van der Waals surface area contributed by atoms with Gasteiger partial charge < -0.3 is 5.73 Å². The van der Waals surface area contributed by atoms with Gasteiger partial charge in [0.2, 0.25) is 0 Å². The van der Waals surface area contributed by atoms with Crippen LogP contribution in [-0.2, 0) is 0 Å². The summed E-state index contributed by atoms with van der Waals surface area (Å²) in [7, 11) is 0. The van der Waals surface area contributed by atoms with Crippen LogP contribution in [0.2, 0.25) is 0 Å². The number of nitrogens with two attached hydrogens (primary N) is 1. The maximum atomic E-state index is 5.99. The molecule has 2 N–H and O–H groups in total. The van der Waals surface area contributed by atoms with Gasteiger partial charge in [-0.15, -0.1) is 0 Å². The van der Waals surface area contributed by atoms with E-state index in [0.717, 1.165) is 12.5 Å². The van der Waals surface area contributed by atoms with Gasteiger partial charge in [0, 0.05) is 12.6 Å². The molecule has 1 saturated heterocycles. The van der Waals surface area contributed by atoms with E-state index >= 15 is 0 Å². The first-order valence-electron chi connectivity index (χ1n) is 7.06. The van der Waals surface area contributed by atoms with Crippen LogP contribution in [-0.4, -0.2) is 30.6 Å². The quantitative estimate of drug-likeness (QED) is 0.798. The van der Waals surface area contributed by atoms with E-state index in [1.165, 1.54) is 51.6 Å². The van der Waals surface area contributed by atoms with Crippen molar-refractivity contribution >= 4 is 0 Å². The van der Waals surface area contributed by atoms with E-state index in [1.807, 2.05) is 0 Å². The summed E-state index contributed by atoms with van der Waals surface area (Å²) in [4.78, 5) is 2.69. The molecule has 1 unspecified atom stereocenters. The highest BCUT2D eigenvalue weighted by Crippen LogP contribution is 2.35. The fourth-order valence-electron chi connectivity index (χ4n) is 3.24. The first-order chi connectivity index (χ1) is 7.62. The van der Waals surface area contributed by atoms with Gasteiger partial charge in [0.15, 0.2) is 0 Å². The van der Waals surface area contributed by atoms with E-state index in [1.54, 1.807) is 0 Å². The van der Waals surface area contributed by atoms with Crippen LogP contribution in [0.3, 0.4) is 0 Å². The maximum Gasteiger partial charge on any atom is 0.0246 e. The van der Waals surface area contributed by atoms with Crippen molar-refractivity contribution in [2.45, 2.75) is 58.4 Å². The minimum absolute atomic E-state index is 0.549. The van der Waals surface area contributed by atoms with Crippen LogP contribution in [0.15, 0.2) is 0 Å². The smallest absolute Gasteiger partial charge is 0.0246 e. The molecule has 2 heteroatoms. The van der Waals surface area contributed by atoms with Crippen molar-refractivity contribution in [1.82, 2.24) is 4.90 Å². The summed E-state index contributed by atoms with van der Waals surface area (Å²) in [6.07, 6.45) is 8.35. The molecule has 0 radical (unpaired) electrons. The summed E-state index contributed by atoms with van der Waals surface area (Å²) in [5, 5.41) is 0. The lowest BCUT2D eigenvalue weighted by Crippen LogP contribution is -2.48. The van der Waals surface area contributed by atoms with Gasteiger partial charge in [0.1, 0.15) is 0 Å². The second-order valence-corrected chi connectivity index (χ2v) is 6.55. The molecule has 94 valence electrons. The Hall–Kier alpha value is -0.0800. The fourth-order valence-corrected chi connectivity index (χ4v) is 3.24. The molecular formula is C14H28N2. The molecule has 0 amide bonds. The molecule has 2 nitrogen and oxygen atoms in total. The second kappa shape index (κ2) is 5.05. The minimum atomic E-state index is 0.549. The topological polar surface area (TPSA) is 29.3 Å². The van der Waals surface area contributed by atoms with Crippen LogP contribution in [0, 0.1) is 11.3 Å². The molecule has 1 aliphatic carbocycles. The Morgan fingerprint density at radius 2 is 1.94 bits per heavy atom. The Kier molecular flexibility index (Phi) is 3.91. The zero-order valence-corrected chi connectivity index (χ0v) is 11.0. The standard InChI is InChI=1S/C14H28N2/c1-14(2)7-4-9-16(10-8-14)13(11-15)12-5-3-6-12/h12-13H,3-11,15H2,1-2H3. The number of likely N-dealkylation sites (tertiary alicyclic amines) is 1. The summed E-state index contributed by atoms with van der Waals surface area (Å²) in [6.45, 7) is 8.24. The lowest BCUT2D eigenvalue weighted by atomic mass is 9.79. The van der Waals surface area contributed by atoms with E-state index in [9.17, 15) is 0 Å². The third-order valence-corrected chi connectivity index (χ3v) is 4.78. The number of hydrogen-bond donors (Lipinski definition) is 1. The van der Waals surface area contributed by atoms with Crippen molar-refractivity contribution in [2.24, 2.45) is 17.1 Å². The lowest BCUT2D eigenvalue weighted by molar-refractivity contribution is 0.101. The summed E-state index contributed by atoms with van der Waals surface area (Å²) in [5.41, 5.74) is 6.54. The van der Waals surface area contributed by atoms with Crippen LogP contribution in [0.1, 0.15) is 52.4 Å². The molecule has 16 heavy (non-hydrogen) atoms. The van der Waals surface area contributed by atoms with Crippen molar-refractivity contribution in [1.29, 1.82) is 0 Å². The monoisotopic (exact) mass is 224 g/mol. The summed E-state index contributed by atoms with van der Waals surface area (Å²) < 4.78 is 0. The Labute approximate surface area is 101 Å². The van der Waals surface area contributed by atoms with Crippen LogP contribution < -0.4 is 5.73 Å². The molecule has 1 saturated carbocycles. The molecule has 1 aliphatic heterocycles. The SMILES string of the molecule is CC1(C)CCCN(C(CN)C2CCC2)CC1. The predicted molar refractivity (Wildman–Crippen MR) is 69.4 cm³/mol. The normalized spacial score (nSPS) is 29.4. The molecule has 1 heterocycles. The Morgan fingerprint density at radius 3 is 2.50 bits per heavy atom. The van der Waals surface area contributed by atoms with Crippen molar-refractivity contribution in [3.63, 3.8) is 0 Å². The third-order valence-electron chi connectivity index (χ3n) is 4.78. The van der Waals surface area contributed by atoms with E-state index in [0.29, 0.717) is 11.5 Å². The lowest BCUT2D eigenvalue weighted by Gasteiger charge is -2.40. The zero-order chi connectivity index (χ0) is 11.6. The van der Waals surface area contributed by atoms with Crippen molar-refractivity contribution < 1.29 is 0 Å². The Balaban J connectivity index is 1.92. The maximum absolute atomic E-state index is 5.99. The molecule has 1 atom stereocenters. The van der Waals surface area contributed by atoms with Gasteiger partial charge in [0.05, 0.1) is 0 Å². The summed E-state index contributed by atoms with van der Waals surface area (Å²) in [5.74, 6) is 0.909. The first-order valence-corrected chi connectivity index (χ1v) is 7.06. The highest BCUT2D eigenvalue weighted by Gasteiger charge is 2.33. The number of rotatable bonds is 3. The zero-order valence-electron chi connectivity index (χ0n) is 11.0. The molecule has 2 rings (SSSR count). The molecule has 0 bridgehead atoms. The first kappa shape index (κ1) is 12.4. The van der Waals surface area contributed by atoms with Crippen LogP contribution in [0.25, 0.3) is 0 Å². The fraction of sp³-hybridized carbons (Fsp3) is 1.00. The van der Waals surface area contributed by atoms with Gasteiger partial charge in [0.25, 0.3) is 0 Å². The highest BCUT2D eigenvalue weighted by atomic mass is 15.2. The summed E-state index contributed by atoms with van der Waals surface area (Å²) >= 11 is 0. The molecule has 0 aromatic rings. The van der Waals surface area contributed by atoms with E-state index in [2.05, 4.69) is 18.7 Å². The molecule has 0 aromatic heterocycles. The van der Waals surface area contributed by atoms with Gasteiger partial charge >= 0.3 is 0 Å². The van der Waals surface area contributed by atoms with Crippen LogP contribution >= 0.6 is 0 Å². The molecular weight excluding hydrogens is 196 g/mol. The van der Waals surface area contributed by atoms with Gasteiger partial charge in [-0.25, -0.2) is 0 Å². The van der Waals surface area contributed by atoms with Crippen molar-refractivity contribution in [3.8, 4) is 0 Å².